The van der Waals surface area contributed by atoms with Crippen molar-refractivity contribution in [2.75, 3.05) is 32.1 Å². The van der Waals surface area contributed by atoms with Crippen molar-refractivity contribution in [1.29, 1.82) is 0 Å². The molecule has 4 amide bonds. The molecular weight excluding hydrogens is 548 g/mol. The Bertz CT molecular complexity index is 1660. The number of imide groups is 1. The van der Waals surface area contributed by atoms with E-state index in [1.165, 1.54) is 9.80 Å². The number of rotatable bonds is 8. The van der Waals surface area contributed by atoms with E-state index in [2.05, 4.69) is 11.5 Å². The third-order valence-corrected chi connectivity index (χ3v) is 7.54. The van der Waals surface area contributed by atoms with Gasteiger partial charge >= 0.3 is 18.2 Å². The van der Waals surface area contributed by atoms with Crippen molar-refractivity contribution in [3.8, 4) is 16.9 Å². The standard InChI is InChI=1S/C32H36N6O5/c1-5-6-12-28-34-25-19-26(36-17-9-18-37(31(36)40)30(39)35(3)4)21(2)33-29(25)38(28)20-22-13-15-23(16-14-22)24-10-7-8-11-27(24)43-32(41)42/h7-8,10-11,13-16,19H,5-6,9,12,17-18,20H2,1-4H3,(H,41,42). The maximum absolute atomic E-state index is 13.3. The fraction of sp³-hybridized carbons (Fsp3) is 0.344. The lowest BCUT2D eigenvalue weighted by atomic mass is 10.0. The molecule has 2 aromatic carbocycles. The van der Waals surface area contributed by atoms with Crippen LogP contribution >= 0.6 is 0 Å². The molecule has 224 valence electrons. The second kappa shape index (κ2) is 12.5. The lowest BCUT2D eigenvalue weighted by molar-refractivity contribution is 0.144. The lowest BCUT2D eigenvalue weighted by Gasteiger charge is -2.35. The van der Waals surface area contributed by atoms with Crippen LogP contribution in [-0.2, 0) is 13.0 Å². The summed E-state index contributed by atoms with van der Waals surface area (Å²) in [6.45, 7) is 5.45. The molecule has 0 spiro atoms. The number of hydrogen-bond acceptors (Lipinski definition) is 6. The number of urea groups is 2. The predicted octanol–water partition coefficient (Wildman–Crippen LogP) is 6.17. The summed E-state index contributed by atoms with van der Waals surface area (Å²) >= 11 is 0. The van der Waals surface area contributed by atoms with Crippen LogP contribution in [0.5, 0.6) is 5.75 Å². The van der Waals surface area contributed by atoms with Crippen molar-refractivity contribution in [3.05, 3.63) is 71.7 Å². The van der Waals surface area contributed by atoms with Gasteiger partial charge in [0.2, 0.25) is 0 Å². The summed E-state index contributed by atoms with van der Waals surface area (Å²) in [5, 5.41) is 9.10. The Morgan fingerprint density at radius 1 is 1.05 bits per heavy atom. The molecule has 11 heteroatoms. The van der Waals surface area contributed by atoms with Gasteiger partial charge in [-0.1, -0.05) is 55.8 Å². The van der Waals surface area contributed by atoms with Gasteiger partial charge in [-0.05, 0) is 43.0 Å². The number of carboxylic acid groups (broad SMARTS) is 1. The van der Waals surface area contributed by atoms with Crippen LogP contribution in [0.15, 0.2) is 54.6 Å². The molecular formula is C32H36N6O5. The number of ether oxygens (including phenoxy) is 1. The number of benzene rings is 2. The first kappa shape index (κ1) is 29.6. The number of aryl methyl sites for hydroxylation is 2. The number of carbonyl (C=O) groups excluding carboxylic acids is 2. The molecule has 11 nitrogen and oxygen atoms in total. The Morgan fingerprint density at radius 3 is 2.49 bits per heavy atom. The molecule has 1 N–H and O–H groups in total. The molecule has 3 heterocycles. The first-order chi connectivity index (χ1) is 20.7. The van der Waals surface area contributed by atoms with Crippen LogP contribution in [0.4, 0.5) is 20.1 Å². The summed E-state index contributed by atoms with van der Waals surface area (Å²) in [5.74, 6) is 1.20. The highest BCUT2D eigenvalue weighted by molar-refractivity contribution is 6.03. The molecule has 1 aliphatic rings. The van der Waals surface area contributed by atoms with E-state index in [9.17, 15) is 14.4 Å². The van der Waals surface area contributed by atoms with E-state index < -0.39 is 6.16 Å². The minimum absolute atomic E-state index is 0.280. The van der Waals surface area contributed by atoms with Gasteiger partial charge in [0.15, 0.2) is 5.65 Å². The molecule has 0 bridgehead atoms. The predicted molar refractivity (Wildman–Crippen MR) is 164 cm³/mol. The number of fused-ring (bicyclic) bond motifs is 1. The molecule has 5 rings (SSSR count). The Hall–Kier alpha value is -4.93. The maximum atomic E-state index is 13.3. The quantitative estimate of drug-likeness (QED) is 0.194. The zero-order chi connectivity index (χ0) is 30.7. The van der Waals surface area contributed by atoms with Gasteiger partial charge in [0.1, 0.15) is 17.1 Å². The van der Waals surface area contributed by atoms with Crippen LogP contribution < -0.4 is 9.64 Å². The highest BCUT2D eigenvalue weighted by Gasteiger charge is 2.33. The van der Waals surface area contributed by atoms with Crippen LogP contribution in [0.25, 0.3) is 22.3 Å². The fourth-order valence-electron chi connectivity index (χ4n) is 5.37. The summed E-state index contributed by atoms with van der Waals surface area (Å²) < 4.78 is 7.09. The van der Waals surface area contributed by atoms with E-state index in [1.54, 1.807) is 31.1 Å². The first-order valence-corrected chi connectivity index (χ1v) is 14.4. The topological polar surface area (TPSA) is 121 Å². The summed E-state index contributed by atoms with van der Waals surface area (Å²) in [4.78, 5) is 51.3. The second-order valence-corrected chi connectivity index (χ2v) is 10.8. The van der Waals surface area contributed by atoms with Crippen LogP contribution in [0, 0.1) is 6.92 Å². The Morgan fingerprint density at radius 2 is 1.79 bits per heavy atom. The SMILES string of the molecule is CCCCc1nc2cc(N3CCCN(C(=O)N(C)C)C3=O)c(C)nc2n1Cc1ccc(-c2ccccc2OC(=O)O)cc1. The van der Waals surface area contributed by atoms with Gasteiger partial charge in [0.25, 0.3) is 0 Å². The van der Waals surface area contributed by atoms with Crippen LogP contribution in [0.1, 0.15) is 43.3 Å². The summed E-state index contributed by atoms with van der Waals surface area (Å²) in [5.41, 5.74) is 5.35. The Kier molecular flexibility index (Phi) is 8.61. The Labute approximate surface area is 250 Å². The number of imidazole rings is 1. The molecule has 0 aliphatic carbocycles. The number of carbonyl (C=O) groups is 3. The van der Waals surface area contributed by atoms with Crippen molar-refractivity contribution in [2.24, 2.45) is 0 Å². The van der Waals surface area contributed by atoms with Gasteiger partial charge in [-0.15, -0.1) is 0 Å². The number of nitrogens with zero attached hydrogens (tertiary/aromatic N) is 6. The van der Waals surface area contributed by atoms with Crippen LogP contribution in [0.2, 0.25) is 0 Å². The van der Waals surface area contributed by atoms with E-state index >= 15 is 0 Å². The molecule has 1 aliphatic heterocycles. The third kappa shape index (κ3) is 6.15. The molecule has 0 atom stereocenters. The number of amides is 4. The molecule has 1 fully saturated rings. The third-order valence-electron chi connectivity index (χ3n) is 7.54. The van der Waals surface area contributed by atoms with Crippen LogP contribution in [0.3, 0.4) is 0 Å². The highest BCUT2D eigenvalue weighted by atomic mass is 16.7. The number of para-hydroxylation sites is 1. The number of pyridine rings is 1. The first-order valence-electron chi connectivity index (χ1n) is 14.4. The molecule has 0 radical (unpaired) electrons. The average molecular weight is 585 g/mol. The summed E-state index contributed by atoms with van der Waals surface area (Å²) in [7, 11) is 3.27. The van der Waals surface area contributed by atoms with Gasteiger partial charge in [0.05, 0.1) is 17.9 Å². The number of hydrogen-bond donors (Lipinski definition) is 1. The number of aromatic nitrogens is 3. The van der Waals surface area contributed by atoms with Crippen molar-refractivity contribution in [3.63, 3.8) is 0 Å². The van der Waals surface area contributed by atoms with Gasteiger partial charge in [0, 0.05) is 39.2 Å². The molecule has 43 heavy (non-hydrogen) atoms. The average Bonchev–Trinajstić information content (AvgIpc) is 3.31. The van der Waals surface area contributed by atoms with E-state index in [1.807, 2.05) is 49.4 Å². The van der Waals surface area contributed by atoms with Gasteiger partial charge in [-0.25, -0.2) is 29.3 Å². The van der Waals surface area contributed by atoms with Crippen LogP contribution in [-0.4, -0.2) is 74.8 Å². The van der Waals surface area contributed by atoms with E-state index in [0.29, 0.717) is 48.5 Å². The lowest BCUT2D eigenvalue weighted by Crippen LogP contribution is -2.54. The molecule has 0 saturated carbocycles. The smallest absolute Gasteiger partial charge is 0.449 e. The monoisotopic (exact) mass is 584 g/mol. The normalized spacial score (nSPS) is 13.4. The highest BCUT2D eigenvalue weighted by Crippen LogP contribution is 2.31. The van der Waals surface area contributed by atoms with Crippen molar-refractivity contribution in [1.82, 2.24) is 24.3 Å². The van der Waals surface area contributed by atoms with Gasteiger partial charge in [-0.2, -0.15) is 0 Å². The zero-order valence-corrected chi connectivity index (χ0v) is 24.9. The van der Waals surface area contributed by atoms with Gasteiger partial charge < -0.3 is 19.3 Å². The second-order valence-electron chi connectivity index (χ2n) is 10.8. The number of anilines is 1. The fourth-order valence-corrected chi connectivity index (χ4v) is 5.37. The van der Waals surface area contributed by atoms with E-state index in [0.717, 1.165) is 41.9 Å². The van der Waals surface area contributed by atoms with E-state index in [-0.39, 0.29) is 17.8 Å². The summed E-state index contributed by atoms with van der Waals surface area (Å²) in [6, 6.07) is 16.2. The molecule has 4 aromatic rings. The van der Waals surface area contributed by atoms with Crippen molar-refractivity contribution >= 4 is 35.1 Å². The summed E-state index contributed by atoms with van der Waals surface area (Å²) in [6.07, 6.45) is 2.09. The minimum atomic E-state index is -1.36. The Balaban J connectivity index is 1.47. The van der Waals surface area contributed by atoms with E-state index in [4.69, 9.17) is 19.8 Å². The molecule has 2 aromatic heterocycles. The largest absolute Gasteiger partial charge is 0.511 e. The zero-order valence-electron chi connectivity index (χ0n) is 24.9. The van der Waals surface area contributed by atoms with Gasteiger partial charge in [-0.3, -0.25) is 4.90 Å². The maximum Gasteiger partial charge on any atom is 0.511 e. The van der Waals surface area contributed by atoms with Crippen molar-refractivity contribution < 1.29 is 24.2 Å². The molecule has 0 unspecified atom stereocenters. The molecule has 1 saturated heterocycles. The number of unbranched alkanes of at least 4 members (excludes halogenated alkanes) is 1. The van der Waals surface area contributed by atoms with Crippen molar-refractivity contribution in [2.45, 2.75) is 46.1 Å². The minimum Gasteiger partial charge on any atom is -0.449 e.